The first-order valence-electron chi connectivity index (χ1n) is 5.67. The summed E-state index contributed by atoms with van der Waals surface area (Å²) < 4.78 is 11.8. The van der Waals surface area contributed by atoms with Gasteiger partial charge < -0.3 is 14.9 Å². The molecule has 0 amide bonds. The fourth-order valence-electron chi connectivity index (χ4n) is 1.86. The van der Waals surface area contributed by atoms with Crippen LogP contribution in [-0.2, 0) is 0 Å². The van der Waals surface area contributed by atoms with Gasteiger partial charge in [0.05, 0.1) is 12.7 Å². The van der Waals surface area contributed by atoms with Crippen LogP contribution in [0.15, 0.2) is 45.3 Å². The third-order valence-electron chi connectivity index (χ3n) is 2.82. The first kappa shape index (κ1) is 12.0. The highest BCUT2D eigenvalue weighted by molar-refractivity contribution is 9.10. The van der Waals surface area contributed by atoms with Gasteiger partial charge in [-0.3, -0.25) is 0 Å². The number of oxazole rings is 1. The number of nitrogens with two attached hydrogens (primary N) is 1. The molecule has 0 atom stereocenters. The summed E-state index contributed by atoms with van der Waals surface area (Å²) in [6, 6.07) is 11.0. The Balaban J connectivity index is 2.17. The van der Waals surface area contributed by atoms with Crippen LogP contribution in [0.25, 0.3) is 22.6 Å². The fraction of sp³-hybridized carbons (Fsp3) is 0.0714. The molecule has 3 rings (SSSR count). The van der Waals surface area contributed by atoms with E-state index in [1.165, 1.54) is 0 Å². The maximum Gasteiger partial charge on any atom is 0.228 e. The molecule has 0 aliphatic carbocycles. The molecule has 0 radical (unpaired) electrons. The number of anilines is 1. The van der Waals surface area contributed by atoms with Crippen LogP contribution in [0.2, 0.25) is 0 Å². The molecule has 2 aromatic carbocycles. The monoisotopic (exact) mass is 318 g/mol. The van der Waals surface area contributed by atoms with Gasteiger partial charge >= 0.3 is 0 Å². The predicted molar refractivity (Wildman–Crippen MR) is 78.1 cm³/mol. The van der Waals surface area contributed by atoms with Crippen molar-refractivity contribution >= 4 is 32.7 Å². The molecule has 0 bridgehead atoms. The molecule has 0 unspecified atom stereocenters. The van der Waals surface area contributed by atoms with E-state index in [1.54, 1.807) is 7.11 Å². The van der Waals surface area contributed by atoms with Crippen molar-refractivity contribution in [3.8, 4) is 17.2 Å². The van der Waals surface area contributed by atoms with E-state index in [2.05, 4.69) is 20.9 Å². The third-order valence-corrected chi connectivity index (χ3v) is 3.51. The smallest absolute Gasteiger partial charge is 0.228 e. The van der Waals surface area contributed by atoms with Crippen molar-refractivity contribution in [2.24, 2.45) is 0 Å². The molecule has 0 aliphatic heterocycles. The average Bonchev–Trinajstić information content (AvgIpc) is 2.83. The molecule has 0 spiro atoms. The van der Waals surface area contributed by atoms with Crippen LogP contribution in [0.3, 0.4) is 0 Å². The number of methoxy groups -OCH3 is 1. The van der Waals surface area contributed by atoms with E-state index < -0.39 is 0 Å². The Morgan fingerprint density at radius 3 is 2.84 bits per heavy atom. The van der Waals surface area contributed by atoms with Gasteiger partial charge in [-0.25, -0.2) is 4.98 Å². The van der Waals surface area contributed by atoms with Crippen LogP contribution in [0, 0.1) is 0 Å². The Morgan fingerprint density at radius 2 is 2.05 bits per heavy atom. The molecule has 0 saturated heterocycles. The molecule has 0 fully saturated rings. The molecule has 4 nitrogen and oxygen atoms in total. The number of hydrogen-bond donors (Lipinski definition) is 1. The molecule has 2 N–H and O–H groups in total. The Kier molecular flexibility index (Phi) is 2.91. The van der Waals surface area contributed by atoms with Crippen LogP contribution < -0.4 is 10.5 Å². The lowest BCUT2D eigenvalue weighted by Crippen LogP contribution is -1.86. The van der Waals surface area contributed by atoms with E-state index in [0.717, 1.165) is 21.3 Å². The number of fused-ring (bicyclic) bond motifs is 1. The number of hydrogen-bond acceptors (Lipinski definition) is 4. The summed E-state index contributed by atoms with van der Waals surface area (Å²) in [5.41, 5.74) is 8.75. The lowest BCUT2D eigenvalue weighted by atomic mass is 10.2. The number of halogens is 1. The Labute approximate surface area is 118 Å². The molecular formula is C14H11BrN2O2. The SMILES string of the molecule is COc1ccc2oc(-c3cc(N)ccc3Br)nc2c1. The van der Waals surface area contributed by atoms with Gasteiger partial charge in [-0.1, -0.05) is 0 Å². The Hall–Kier alpha value is -2.01. The number of aromatic nitrogens is 1. The van der Waals surface area contributed by atoms with Gasteiger partial charge in [-0.05, 0) is 46.3 Å². The van der Waals surface area contributed by atoms with Gasteiger partial charge in [0.1, 0.15) is 11.3 Å². The van der Waals surface area contributed by atoms with E-state index in [-0.39, 0.29) is 0 Å². The number of nitrogen functional groups attached to an aromatic ring is 1. The Morgan fingerprint density at radius 1 is 1.21 bits per heavy atom. The van der Waals surface area contributed by atoms with E-state index in [1.807, 2.05) is 36.4 Å². The molecule has 0 saturated carbocycles. The van der Waals surface area contributed by atoms with Gasteiger partial charge in [0.25, 0.3) is 0 Å². The normalized spacial score (nSPS) is 10.8. The predicted octanol–water partition coefficient (Wildman–Crippen LogP) is 3.85. The maximum atomic E-state index is 5.79. The molecule has 1 aromatic heterocycles. The molecule has 3 aromatic rings. The van der Waals surface area contributed by atoms with Crippen LogP contribution in [-0.4, -0.2) is 12.1 Å². The van der Waals surface area contributed by atoms with Crippen molar-refractivity contribution in [2.45, 2.75) is 0 Å². The number of nitrogens with zero attached hydrogens (tertiary/aromatic N) is 1. The highest BCUT2D eigenvalue weighted by Crippen LogP contribution is 2.32. The van der Waals surface area contributed by atoms with Crippen molar-refractivity contribution in [1.82, 2.24) is 4.98 Å². The summed E-state index contributed by atoms with van der Waals surface area (Å²) in [6.45, 7) is 0. The van der Waals surface area contributed by atoms with E-state index in [0.29, 0.717) is 17.2 Å². The van der Waals surface area contributed by atoms with Crippen LogP contribution in [0.5, 0.6) is 5.75 Å². The molecule has 1 heterocycles. The van der Waals surface area contributed by atoms with Gasteiger partial charge in [0, 0.05) is 16.2 Å². The minimum absolute atomic E-state index is 0.530. The van der Waals surface area contributed by atoms with Crippen LogP contribution in [0.1, 0.15) is 0 Å². The molecule has 5 heteroatoms. The van der Waals surface area contributed by atoms with Crippen LogP contribution in [0.4, 0.5) is 5.69 Å². The lowest BCUT2D eigenvalue weighted by Gasteiger charge is -2.00. The summed E-state index contributed by atoms with van der Waals surface area (Å²) in [7, 11) is 1.62. The molecule has 19 heavy (non-hydrogen) atoms. The summed E-state index contributed by atoms with van der Waals surface area (Å²) in [5.74, 6) is 1.28. The quantitative estimate of drug-likeness (QED) is 0.729. The van der Waals surface area contributed by atoms with Crippen molar-refractivity contribution in [3.05, 3.63) is 40.9 Å². The molecule has 0 aliphatic rings. The highest BCUT2D eigenvalue weighted by Gasteiger charge is 2.12. The number of rotatable bonds is 2. The summed E-state index contributed by atoms with van der Waals surface area (Å²) >= 11 is 3.47. The van der Waals surface area contributed by atoms with Gasteiger partial charge in [0.15, 0.2) is 5.58 Å². The van der Waals surface area contributed by atoms with Crippen molar-refractivity contribution in [1.29, 1.82) is 0 Å². The highest BCUT2D eigenvalue weighted by atomic mass is 79.9. The topological polar surface area (TPSA) is 61.3 Å². The Bertz CT molecular complexity index is 752. The second kappa shape index (κ2) is 4.59. The summed E-state index contributed by atoms with van der Waals surface area (Å²) in [5, 5.41) is 0. The van der Waals surface area contributed by atoms with Crippen LogP contribution >= 0.6 is 15.9 Å². The van der Waals surface area contributed by atoms with Gasteiger partial charge in [-0.2, -0.15) is 0 Å². The molecular weight excluding hydrogens is 308 g/mol. The van der Waals surface area contributed by atoms with E-state index in [4.69, 9.17) is 14.9 Å². The van der Waals surface area contributed by atoms with E-state index in [9.17, 15) is 0 Å². The van der Waals surface area contributed by atoms with Gasteiger partial charge in [0.2, 0.25) is 5.89 Å². The van der Waals surface area contributed by atoms with Crippen molar-refractivity contribution in [3.63, 3.8) is 0 Å². The minimum Gasteiger partial charge on any atom is -0.497 e. The second-order valence-electron chi connectivity index (χ2n) is 4.09. The zero-order valence-electron chi connectivity index (χ0n) is 10.2. The molecule has 96 valence electrons. The van der Waals surface area contributed by atoms with Gasteiger partial charge in [-0.15, -0.1) is 0 Å². The fourth-order valence-corrected chi connectivity index (χ4v) is 2.27. The first-order valence-corrected chi connectivity index (χ1v) is 6.46. The number of ether oxygens (including phenoxy) is 1. The first-order chi connectivity index (χ1) is 9.17. The minimum atomic E-state index is 0.530. The second-order valence-corrected chi connectivity index (χ2v) is 4.95. The zero-order valence-corrected chi connectivity index (χ0v) is 11.8. The van der Waals surface area contributed by atoms with E-state index >= 15 is 0 Å². The van der Waals surface area contributed by atoms with Crippen molar-refractivity contribution < 1.29 is 9.15 Å². The van der Waals surface area contributed by atoms with Crippen molar-refractivity contribution in [2.75, 3.05) is 12.8 Å². The maximum absolute atomic E-state index is 5.79. The average molecular weight is 319 g/mol. The number of benzene rings is 2. The zero-order chi connectivity index (χ0) is 13.4. The largest absolute Gasteiger partial charge is 0.497 e. The summed E-state index contributed by atoms with van der Waals surface area (Å²) in [6.07, 6.45) is 0. The lowest BCUT2D eigenvalue weighted by molar-refractivity contribution is 0.415. The third kappa shape index (κ3) is 2.17. The standard InChI is InChI=1S/C14H11BrN2O2/c1-18-9-3-5-13-12(7-9)17-14(19-13)10-6-8(16)2-4-11(10)15/h2-7H,16H2,1H3. The summed E-state index contributed by atoms with van der Waals surface area (Å²) in [4.78, 5) is 4.46.